The van der Waals surface area contributed by atoms with Crippen molar-refractivity contribution < 1.29 is 14.4 Å². The maximum atomic E-state index is 12.6. The van der Waals surface area contributed by atoms with Gasteiger partial charge in [0.15, 0.2) is 0 Å². The summed E-state index contributed by atoms with van der Waals surface area (Å²) < 4.78 is 0. The molecule has 142 valence electrons. The maximum Gasteiger partial charge on any atom is 0.293 e. The summed E-state index contributed by atoms with van der Waals surface area (Å²) in [5.74, 6) is -0.762. The molecule has 0 aliphatic rings. The van der Waals surface area contributed by atoms with Crippen LogP contribution in [0.1, 0.15) is 28.0 Å². The molecule has 0 radical (unpaired) electrons. The molecule has 2 amide bonds. The quantitative estimate of drug-likeness (QED) is 0.539. The summed E-state index contributed by atoms with van der Waals surface area (Å²) in [5, 5.41) is 5.29. The Labute approximate surface area is 163 Å². The van der Waals surface area contributed by atoms with Crippen LogP contribution in [0.2, 0.25) is 0 Å². The Bertz CT molecular complexity index is 804. The van der Waals surface area contributed by atoms with Crippen LogP contribution in [0.5, 0.6) is 0 Å². The van der Waals surface area contributed by atoms with E-state index in [1.54, 1.807) is 48.2 Å². The number of anilines is 1. The third-order valence-electron chi connectivity index (χ3n) is 3.82. The Balaban J connectivity index is 2.10. The predicted octanol–water partition coefficient (Wildman–Crippen LogP) is 2.76. The number of aryl methyl sites for hydroxylation is 2. The van der Waals surface area contributed by atoms with Crippen molar-refractivity contribution in [1.29, 1.82) is 0 Å². The number of nitrogens with zero attached hydrogens (tertiary/aromatic N) is 1. The second-order valence-electron chi connectivity index (χ2n) is 6.16. The first-order valence-corrected chi connectivity index (χ1v) is 9.95. The highest BCUT2D eigenvalue weighted by Crippen LogP contribution is 2.11. The van der Waals surface area contributed by atoms with E-state index in [4.69, 9.17) is 0 Å². The number of amides is 2. The zero-order valence-electron chi connectivity index (χ0n) is 15.6. The van der Waals surface area contributed by atoms with Crippen molar-refractivity contribution in [3.8, 4) is 0 Å². The smallest absolute Gasteiger partial charge is 0.293 e. The van der Waals surface area contributed by atoms with E-state index >= 15 is 0 Å². The molecule has 1 atom stereocenters. The fraction of sp³-hybridized carbons (Fsp3) is 0.300. The summed E-state index contributed by atoms with van der Waals surface area (Å²) in [5.41, 5.74) is 2.05. The molecule has 1 heterocycles. The molecule has 0 fully saturated rings. The van der Waals surface area contributed by atoms with Crippen LogP contribution < -0.4 is 10.6 Å². The number of hydrogen-bond acceptors (Lipinski definition) is 5. The van der Waals surface area contributed by atoms with E-state index in [1.165, 1.54) is 0 Å². The molecule has 1 aromatic heterocycles. The van der Waals surface area contributed by atoms with Gasteiger partial charge in [0.1, 0.15) is 11.9 Å². The van der Waals surface area contributed by atoms with Crippen molar-refractivity contribution in [2.45, 2.75) is 26.3 Å². The van der Waals surface area contributed by atoms with Gasteiger partial charge in [-0.05, 0) is 50.0 Å². The molecule has 1 aromatic carbocycles. The lowest BCUT2D eigenvalue weighted by Gasteiger charge is -2.18. The highest BCUT2D eigenvalue weighted by Gasteiger charge is 2.25. The van der Waals surface area contributed by atoms with Gasteiger partial charge < -0.3 is 10.6 Å². The molecule has 0 bridgehead atoms. The summed E-state index contributed by atoms with van der Waals surface area (Å²) in [7, 11) is 0. The topological polar surface area (TPSA) is 88.2 Å². The van der Waals surface area contributed by atoms with Gasteiger partial charge in [0, 0.05) is 11.3 Å². The summed E-state index contributed by atoms with van der Waals surface area (Å²) >= 11 is 1.56. The lowest BCUT2D eigenvalue weighted by molar-refractivity contribution is -0.124. The molecule has 0 spiro atoms. The van der Waals surface area contributed by atoms with Crippen LogP contribution in [0.25, 0.3) is 0 Å². The Morgan fingerprint density at radius 3 is 2.44 bits per heavy atom. The third-order valence-corrected chi connectivity index (χ3v) is 4.47. The van der Waals surface area contributed by atoms with Crippen LogP contribution in [0.15, 0.2) is 42.5 Å². The van der Waals surface area contributed by atoms with E-state index in [2.05, 4.69) is 15.6 Å². The molecule has 6 nitrogen and oxygen atoms in total. The second kappa shape index (κ2) is 9.87. The highest BCUT2D eigenvalue weighted by molar-refractivity contribution is 7.98. The maximum absolute atomic E-state index is 12.6. The molecule has 0 aliphatic heterocycles. The zero-order chi connectivity index (χ0) is 19.8. The van der Waals surface area contributed by atoms with Gasteiger partial charge in [0.25, 0.3) is 5.91 Å². The molecule has 0 saturated carbocycles. The van der Waals surface area contributed by atoms with Gasteiger partial charge in [-0.1, -0.05) is 30.3 Å². The molecular weight excluding hydrogens is 362 g/mol. The molecule has 2 N–H and O–H groups in total. The van der Waals surface area contributed by atoms with Crippen LogP contribution >= 0.6 is 11.8 Å². The SMILES string of the molecule is CSCCC(NC(=O)C(=O)c1ccccc1)C(=O)Nc1cc(C)cc(C)n1. The second-order valence-corrected chi connectivity index (χ2v) is 7.15. The highest BCUT2D eigenvalue weighted by atomic mass is 32.2. The number of thioether (sulfide) groups is 1. The minimum Gasteiger partial charge on any atom is -0.337 e. The standard InChI is InChI=1S/C20H23N3O3S/c1-13-11-14(2)21-17(12-13)23-19(25)16(9-10-27-3)22-20(26)18(24)15-7-5-4-6-8-15/h4-8,11-12,16H,9-10H2,1-3H3,(H,22,26)(H,21,23,25). The van der Waals surface area contributed by atoms with E-state index < -0.39 is 23.6 Å². The fourth-order valence-electron chi connectivity index (χ4n) is 2.57. The summed E-state index contributed by atoms with van der Waals surface area (Å²) in [6.45, 7) is 3.75. The van der Waals surface area contributed by atoms with Crippen LogP contribution in [0.3, 0.4) is 0 Å². The number of carbonyl (C=O) groups excluding carboxylic acids is 3. The molecule has 1 unspecified atom stereocenters. The van der Waals surface area contributed by atoms with Crippen LogP contribution in [-0.2, 0) is 9.59 Å². The van der Waals surface area contributed by atoms with Crippen LogP contribution in [0.4, 0.5) is 5.82 Å². The Morgan fingerprint density at radius 1 is 1.11 bits per heavy atom. The van der Waals surface area contributed by atoms with Crippen molar-refractivity contribution >= 4 is 35.2 Å². The molecular formula is C20H23N3O3S. The van der Waals surface area contributed by atoms with Gasteiger partial charge in [-0.15, -0.1) is 0 Å². The number of pyridine rings is 1. The first-order chi connectivity index (χ1) is 12.9. The van der Waals surface area contributed by atoms with Crippen molar-refractivity contribution in [3.05, 3.63) is 59.3 Å². The van der Waals surface area contributed by atoms with Crippen molar-refractivity contribution in [2.24, 2.45) is 0 Å². The molecule has 0 saturated heterocycles. The normalized spacial score (nSPS) is 11.5. The monoisotopic (exact) mass is 385 g/mol. The molecule has 2 aromatic rings. The first kappa shape index (κ1) is 20.6. The van der Waals surface area contributed by atoms with Crippen molar-refractivity contribution in [1.82, 2.24) is 10.3 Å². The molecule has 7 heteroatoms. The number of ketones is 1. The first-order valence-electron chi connectivity index (χ1n) is 8.56. The van der Waals surface area contributed by atoms with Gasteiger partial charge in [0.05, 0.1) is 0 Å². The van der Waals surface area contributed by atoms with E-state index in [0.29, 0.717) is 18.0 Å². The third kappa shape index (κ3) is 6.21. The van der Waals surface area contributed by atoms with Crippen LogP contribution in [-0.4, -0.2) is 40.6 Å². The minimum absolute atomic E-state index is 0.287. The van der Waals surface area contributed by atoms with Crippen molar-refractivity contribution in [3.63, 3.8) is 0 Å². The molecule has 0 aliphatic carbocycles. The van der Waals surface area contributed by atoms with Crippen LogP contribution in [0, 0.1) is 13.8 Å². The number of hydrogen-bond donors (Lipinski definition) is 2. The van der Waals surface area contributed by atoms with Gasteiger partial charge in [0.2, 0.25) is 11.7 Å². The fourth-order valence-corrected chi connectivity index (χ4v) is 3.04. The van der Waals surface area contributed by atoms with E-state index in [9.17, 15) is 14.4 Å². The number of benzene rings is 1. The van der Waals surface area contributed by atoms with Gasteiger partial charge >= 0.3 is 0 Å². The summed E-state index contributed by atoms with van der Waals surface area (Å²) in [4.78, 5) is 41.5. The minimum atomic E-state index is -0.819. The van der Waals surface area contributed by atoms with E-state index in [0.717, 1.165) is 11.3 Å². The molecule has 2 rings (SSSR count). The Kier molecular flexibility index (Phi) is 7.55. The lowest BCUT2D eigenvalue weighted by atomic mass is 10.1. The molecule has 27 heavy (non-hydrogen) atoms. The number of rotatable bonds is 8. The largest absolute Gasteiger partial charge is 0.337 e. The van der Waals surface area contributed by atoms with E-state index in [1.807, 2.05) is 26.2 Å². The average Bonchev–Trinajstić information content (AvgIpc) is 2.64. The number of aromatic nitrogens is 1. The predicted molar refractivity (Wildman–Crippen MR) is 108 cm³/mol. The average molecular weight is 385 g/mol. The summed E-state index contributed by atoms with van der Waals surface area (Å²) in [6, 6.07) is 11.1. The van der Waals surface area contributed by atoms with Gasteiger partial charge in [-0.3, -0.25) is 14.4 Å². The lowest BCUT2D eigenvalue weighted by Crippen LogP contribution is -2.46. The summed E-state index contributed by atoms with van der Waals surface area (Å²) in [6.07, 6.45) is 2.32. The number of carbonyl (C=O) groups is 3. The zero-order valence-corrected chi connectivity index (χ0v) is 16.4. The number of Topliss-reactive ketones (excluding diaryl/α,β-unsaturated/α-hetero) is 1. The van der Waals surface area contributed by atoms with E-state index in [-0.39, 0.29) is 5.56 Å². The van der Waals surface area contributed by atoms with Gasteiger partial charge in [-0.2, -0.15) is 11.8 Å². The Hall–Kier alpha value is -2.67. The van der Waals surface area contributed by atoms with Crippen molar-refractivity contribution in [2.75, 3.05) is 17.3 Å². The number of nitrogens with one attached hydrogen (secondary N) is 2. The Morgan fingerprint density at radius 2 is 1.81 bits per heavy atom. The van der Waals surface area contributed by atoms with Gasteiger partial charge in [-0.25, -0.2) is 4.98 Å².